The fraction of sp³-hybridized carbons (Fsp3) is 0.350. The Morgan fingerprint density at radius 1 is 1.15 bits per heavy atom. The zero-order valence-electron chi connectivity index (χ0n) is 14.7. The van der Waals surface area contributed by atoms with Gasteiger partial charge < -0.3 is 14.2 Å². The van der Waals surface area contributed by atoms with Crippen LogP contribution in [0.25, 0.3) is 0 Å². The van der Waals surface area contributed by atoms with Crippen LogP contribution < -0.4 is 9.47 Å². The number of halogens is 2. The normalized spacial score (nSPS) is 13.4. The van der Waals surface area contributed by atoms with Crippen molar-refractivity contribution in [3.63, 3.8) is 0 Å². The molecule has 0 amide bonds. The second kappa shape index (κ2) is 8.19. The number of hydrogen-bond donors (Lipinski definition) is 0. The maximum Gasteiger partial charge on any atom is 0.513 e. The van der Waals surface area contributed by atoms with Gasteiger partial charge in [0.2, 0.25) is 0 Å². The first kappa shape index (κ1) is 18.9. The summed E-state index contributed by atoms with van der Waals surface area (Å²) in [5.74, 6) is 1.58. The Labute approximate surface area is 163 Å². The quantitative estimate of drug-likeness (QED) is 0.434. The van der Waals surface area contributed by atoms with E-state index in [2.05, 4.69) is 17.7 Å². The van der Waals surface area contributed by atoms with Crippen LogP contribution in [-0.4, -0.2) is 13.3 Å². The molecule has 6 heteroatoms. The number of rotatable bonds is 6. The number of methoxy groups -OCH3 is 1. The predicted octanol–water partition coefficient (Wildman–Crippen LogP) is 6.16. The highest BCUT2D eigenvalue weighted by Gasteiger charge is 2.28. The summed E-state index contributed by atoms with van der Waals surface area (Å²) in [7, 11) is 1.25. The van der Waals surface area contributed by atoms with Crippen molar-refractivity contribution < 1.29 is 19.0 Å². The van der Waals surface area contributed by atoms with Crippen LogP contribution in [0.3, 0.4) is 0 Å². The monoisotopic (exact) mass is 394 g/mol. The van der Waals surface area contributed by atoms with Gasteiger partial charge in [-0.15, -0.1) is 0 Å². The highest BCUT2D eigenvalue weighted by atomic mass is 35.5. The summed E-state index contributed by atoms with van der Waals surface area (Å²) < 4.78 is 15.8. The van der Waals surface area contributed by atoms with Crippen LogP contribution in [0.4, 0.5) is 4.79 Å². The molecule has 0 aliphatic heterocycles. The van der Waals surface area contributed by atoms with E-state index in [1.165, 1.54) is 12.7 Å². The summed E-state index contributed by atoms with van der Waals surface area (Å²) in [5.41, 5.74) is 2.87. The Kier molecular flexibility index (Phi) is 5.94. The first-order chi connectivity index (χ1) is 12.5. The zero-order chi connectivity index (χ0) is 18.7. The third-order valence-electron chi connectivity index (χ3n) is 4.38. The largest absolute Gasteiger partial charge is 0.513 e. The molecular weight excluding hydrogens is 375 g/mol. The lowest BCUT2D eigenvalue weighted by Crippen LogP contribution is -2.10. The molecular formula is C20H20Cl2O4. The van der Waals surface area contributed by atoms with Gasteiger partial charge in [-0.05, 0) is 54.5 Å². The van der Waals surface area contributed by atoms with E-state index in [0.29, 0.717) is 27.3 Å². The zero-order valence-corrected chi connectivity index (χ0v) is 16.2. The minimum atomic E-state index is -0.803. The van der Waals surface area contributed by atoms with Crippen molar-refractivity contribution in [2.45, 2.75) is 38.7 Å². The molecule has 0 saturated heterocycles. The summed E-state index contributed by atoms with van der Waals surface area (Å²) in [6.07, 6.45) is 2.39. The molecule has 26 heavy (non-hydrogen) atoms. The predicted molar refractivity (Wildman–Crippen MR) is 102 cm³/mol. The summed E-state index contributed by atoms with van der Waals surface area (Å²) in [5, 5.41) is 1.15. The second-order valence-electron chi connectivity index (χ2n) is 6.17. The van der Waals surface area contributed by atoms with E-state index >= 15 is 0 Å². The van der Waals surface area contributed by atoms with Crippen molar-refractivity contribution in [3.8, 4) is 11.5 Å². The van der Waals surface area contributed by atoms with Crippen molar-refractivity contribution >= 4 is 29.4 Å². The van der Waals surface area contributed by atoms with E-state index in [0.717, 1.165) is 30.6 Å². The lowest BCUT2D eigenvalue weighted by atomic mass is 10.0. The molecule has 0 spiro atoms. The van der Waals surface area contributed by atoms with Gasteiger partial charge in [0.15, 0.2) is 0 Å². The number of hydrogen-bond acceptors (Lipinski definition) is 4. The van der Waals surface area contributed by atoms with E-state index in [1.54, 1.807) is 18.2 Å². The van der Waals surface area contributed by atoms with Gasteiger partial charge in [0.1, 0.15) is 18.1 Å². The smallest absolute Gasteiger partial charge is 0.488 e. The van der Waals surface area contributed by atoms with E-state index < -0.39 is 6.16 Å². The van der Waals surface area contributed by atoms with Gasteiger partial charge in [-0.2, -0.15) is 0 Å². The fourth-order valence-corrected chi connectivity index (χ4v) is 3.29. The van der Waals surface area contributed by atoms with Crippen molar-refractivity contribution in [2.24, 2.45) is 0 Å². The molecule has 0 radical (unpaired) electrons. The number of carbonyl (C=O) groups excluding carboxylic acids is 1. The molecule has 2 aromatic carbocycles. The van der Waals surface area contributed by atoms with Gasteiger partial charge in [-0.25, -0.2) is 4.79 Å². The minimum absolute atomic E-state index is 0.160. The first-order valence-electron chi connectivity index (χ1n) is 8.51. The molecule has 1 aliphatic rings. The van der Waals surface area contributed by atoms with Crippen molar-refractivity contribution in [3.05, 3.63) is 57.1 Å². The third kappa shape index (κ3) is 4.25. The number of aryl methyl sites for hydroxylation is 1. The molecule has 1 fully saturated rings. The van der Waals surface area contributed by atoms with Gasteiger partial charge in [0.25, 0.3) is 0 Å². The average molecular weight is 395 g/mol. The molecule has 2 aromatic rings. The van der Waals surface area contributed by atoms with Gasteiger partial charge in [-0.3, -0.25) is 0 Å². The van der Waals surface area contributed by atoms with E-state index in [4.69, 9.17) is 32.7 Å². The molecule has 1 aliphatic carbocycles. The van der Waals surface area contributed by atoms with Gasteiger partial charge in [-0.1, -0.05) is 42.3 Å². The third-order valence-corrected chi connectivity index (χ3v) is 5.09. The van der Waals surface area contributed by atoms with Gasteiger partial charge in [0.05, 0.1) is 17.7 Å². The molecule has 138 valence electrons. The summed E-state index contributed by atoms with van der Waals surface area (Å²) in [6.45, 7) is 2.24. The van der Waals surface area contributed by atoms with Crippen molar-refractivity contribution in [2.75, 3.05) is 7.11 Å². The molecule has 3 rings (SSSR count). The number of carbonyl (C=O) groups is 1. The molecule has 0 aromatic heterocycles. The van der Waals surface area contributed by atoms with Gasteiger partial charge >= 0.3 is 6.16 Å². The number of benzene rings is 2. The first-order valence-corrected chi connectivity index (χ1v) is 9.27. The van der Waals surface area contributed by atoms with Crippen LogP contribution in [-0.2, 0) is 17.8 Å². The molecule has 0 N–H and O–H groups in total. The molecule has 0 heterocycles. The molecule has 0 unspecified atom stereocenters. The minimum Gasteiger partial charge on any atom is -0.488 e. The summed E-state index contributed by atoms with van der Waals surface area (Å²) >= 11 is 12.6. The molecule has 1 saturated carbocycles. The molecule has 0 bridgehead atoms. The van der Waals surface area contributed by atoms with Crippen molar-refractivity contribution in [1.82, 2.24) is 0 Å². The molecule has 0 atom stereocenters. The van der Waals surface area contributed by atoms with Crippen LogP contribution in [0.1, 0.15) is 42.4 Å². The Balaban J connectivity index is 1.85. The molecule has 4 nitrogen and oxygen atoms in total. The Bertz CT molecular complexity index is 816. The topological polar surface area (TPSA) is 44.8 Å². The highest BCUT2D eigenvalue weighted by Crippen LogP contribution is 2.46. The lowest BCUT2D eigenvalue weighted by molar-refractivity contribution is 0.120. The van der Waals surface area contributed by atoms with Crippen LogP contribution in [0.15, 0.2) is 30.3 Å². The SMILES string of the molecule is CCc1cc(C2CC2)c(OCc2c(Cl)cccc2OC(=O)OC)cc1Cl. The Hall–Kier alpha value is -1.91. The second-order valence-corrected chi connectivity index (χ2v) is 6.99. The number of ether oxygens (including phenoxy) is 3. The standard InChI is InChI=1S/C20H20Cl2O4/c1-3-12-9-14(13-7-8-13)19(10-17(12)22)25-11-15-16(21)5-4-6-18(15)26-20(23)24-2/h4-6,9-10,13H,3,7-8,11H2,1-2H3. The van der Waals surface area contributed by atoms with E-state index in [1.807, 2.05) is 6.07 Å². The average Bonchev–Trinajstić information content (AvgIpc) is 3.46. The van der Waals surface area contributed by atoms with E-state index in [9.17, 15) is 4.79 Å². The fourth-order valence-electron chi connectivity index (χ4n) is 2.78. The van der Waals surface area contributed by atoms with Crippen LogP contribution >= 0.6 is 23.2 Å². The van der Waals surface area contributed by atoms with Crippen LogP contribution in [0.2, 0.25) is 10.0 Å². The van der Waals surface area contributed by atoms with Crippen molar-refractivity contribution in [1.29, 1.82) is 0 Å². The maximum absolute atomic E-state index is 11.4. The van der Waals surface area contributed by atoms with E-state index in [-0.39, 0.29) is 6.61 Å². The van der Waals surface area contributed by atoms with Crippen LogP contribution in [0.5, 0.6) is 11.5 Å². The maximum atomic E-state index is 11.4. The summed E-state index contributed by atoms with van der Waals surface area (Å²) in [6, 6.07) is 9.07. The van der Waals surface area contributed by atoms with Crippen LogP contribution in [0, 0.1) is 0 Å². The highest BCUT2D eigenvalue weighted by molar-refractivity contribution is 6.31. The lowest BCUT2D eigenvalue weighted by Gasteiger charge is -2.16. The summed E-state index contributed by atoms with van der Waals surface area (Å²) in [4.78, 5) is 11.4. The van der Waals surface area contributed by atoms with Gasteiger partial charge in [0, 0.05) is 5.02 Å². The Morgan fingerprint density at radius 3 is 2.58 bits per heavy atom. The Morgan fingerprint density at radius 2 is 1.92 bits per heavy atom.